The molecule has 0 aliphatic rings. The maximum absolute atomic E-state index is 12.5. The number of nitrogens with zero attached hydrogens (tertiary/aromatic N) is 4. The van der Waals surface area contributed by atoms with E-state index in [4.69, 9.17) is 10.8 Å². The number of nitrogens with two attached hydrogens (primary N) is 1. The Morgan fingerprint density at radius 2 is 1.97 bits per heavy atom. The molecule has 162 valence electrons. The highest BCUT2D eigenvalue weighted by molar-refractivity contribution is 7.87. The lowest BCUT2D eigenvalue weighted by Crippen LogP contribution is -2.18. The number of carbonyl (C=O) groups is 3. The number of rotatable bonds is 9. The molecule has 0 saturated heterocycles. The van der Waals surface area contributed by atoms with Gasteiger partial charge in [0.2, 0.25) is 5.16 Å². The van der Waals surface area contributed by atoms with Gasteiger partial charge in [-0.05, 0) is 16.3 Å². The van der Waals surface area contributed by atoms with Crippen LogP contribution in [-0.2, 0) is 31.6 Å². The second kappa shape index (κ2) is 9.89. The van der Waals surface area contributed by atoms with E-state index in [1.807, 2.05) is 30.3 Å². The summed E-state index contributed by atoms with van der Waals surface area (Å²) in [6.45, 7) is 0.242. The smallest absolute Gasteiger partial charge is 0.328 e. The molecule has 1 atom stereocenters. The molecule has 11 nitrogen and oxygen atoms in total. The fourth-order valence-corrected chi connectivity index (χ4v) is 4.18. The summed E-state index contributed by atoms with van der Waals surface area (Å²) in [4.78, 5) is 57.4. The van der Waals surface area contributed by atoms with Gasteiger partial charge in [-0.15, -0.1) is 0 Å². The lowest BCUT2D eigenvalue weighted by Gasteiger charge is -2.08. The first-order chi connectivity index (χ1) is 14.9. The molecule has 31 heavy (non-hydrogen) atoms. The van der Waals surface area contributed by atoms with Crippen molar-refractivity contribution >= 4 is 45.8 Å². The van der Waals surface area contributed by atoms with Crippen molar-refractivity contribution in [2.24, 2.45) is 4.36 Å². The van der Waals surface area contributed by atoms with Crippen molar-refractivity contribution in [3.63, 3.8) is 0 Å². The van der Waals surface area contributed by atoms with Gasteiger partial charge < -0.3 is 20.6 Å². The number of aromatic amines is 1. The van der Waals surface area contributed by atoms with Crippen molar-refractivity contribution in [2.75, 3.05) is 11.5 Å². The van der Waals surface area contributed by atoms with Crippen LogP contribution in [0.4, 0.5) is 5.82 Å². The number of aldehydes is 1. The van der Waals surface area contributed by atoms with Crippen molar-refractivity contribution in [1.82, 2.24) is 19.5 Å². The number of carbonyl (C=O) groups excluding carboxylic acids is 2. The average molecular weight is 444 g/mol. The number of fused-ring (bicyclic) bond motifs is 1. The number of aliphatic carboxylic acids is 1. The SMILES string of the molecule is Nc1nc(S(CCC=O)=NC(=O)CCC(=O)O)nc2c1[nH]c(=O)n2Cc1ccccc1. The quantitative estimate of drug-likeness (QED) is 0.322. The van der Waals surface area contributed by atoms with Gasteiger partial charge in [-0.1, -0.05) is 30.3 Å². The third-order valence-electron chi connectivity index (χ3n) is 4.22. The first-order valence-electron chi connectivity index (χ1n) is 9.30. The summed E-state index contributed by atoms with van der Waals surface area (Å²) in [6.07, 6.45) is 0.148. The average Bonchev–Trinajstić information content (AvgIpc) is 3.06. The summed E-state index contributed by atoms with van der Waals surface area (Å²) in [5.41, 5.74) is 7.00. The van der Waals surface area contributed by atoms with Gasteiger partial charge in [-0.2, -0.15) is 4.36 Å². The number of aromatic nitrogens is 4. The largest absolute Gasteiger partial charge is 0.481 e. The van der Waals surface area contributed by atoms with E-state index in [1.165, 1.54) is 4.57 Å². The molecule has 1 unspecified atom stereocenters. The van der Waals surface area contributed by atoms with Crippen molar-refractivity contribution in [1.29, 1.82) is 0 Å². The molecular weight excluding hydrogens is 424 g/mol. The van der Waals surface area contributed by atoms with Gasteiger partial charge in [0.05, 0.1) is 13.0 Å². The number of anilines is 1. The second-order valence-corrected chi connectivity index (χ2v) is 8.18. The number of nitrogens with one attached hydrogen (secondary N) is 1. The van der Waals surface area contributed by atoms with Crippen LogP contribution in [0, 0.1) is 0 Å². The number of benzene rings is 1. The predicted octanol–water partition coefficient (Wildman–Crippen LogP) is 0.891. The van der Waals surface area contributed by atoms with Crippen molar-refractivity contribution in [2.45, 2.75) is 31.0 Å². The molecule has 0 radical (unpaired) electrons. The molecule has 0 aliphatic carbocycles. The number of carboxylic acid groups (broad SMARTS) is 1. The van der Waals surface area contributed by atoms with Gasteiger partial charge in [-0.3, -0.25) is 14.2 Å². The van der Waals surface area contributed by atoms with Gasteiger partial charge >= 0.3 is 11.7 Å². The number of nitrogen functional groups attached to an aromatic ring is 1. The van der Waals surface area contributed by atoms with Crippen LogP contribution in [-0.4, -0.2) is 48.5 Å². The van der Waals surface area contributed by atoms with Crippen LogP contribution < -0.4 is 11.4 Å². The zero-order valence-corrected chi connectivity index (χ0v) is 17.2. The van der Waals surface area contributed by atoms with Crippen LogP contribution >= 0.6 is 0 Å². The van der Waals surface area contributed by atoms with E-state index < -0.39 is 28.3 Å². The predicted molar refractivity (Wildman–Crippen MR) is 114 cm³/mol. The molecule has 3 aromatic rings. The van der Waals surface area contributed by atoms with Crippen LogP contribution in [0.15, 0.2) is 44.6 Å². The maximum atomic E-state index is 12.5. The first kappa shape index (κ1) is 22.0. The summed E-state index contributed by atoms with van der Waals surface area (Å²) < 4.78 is 5.42. The molecule has 0 fully saturated rings. The third-order valence-corrected chi connectivity index (χ3v) is 5.87. The fraction of sp³-hybridized carbons (Fsp3) is 0.263. The monoisotopic (exact) mass is 444 g/mol. The number of hydrogen-bond acceptors (Lipinski definition) is 7. The fourth-order valence-electron chi connectivity index (χ4n) is 2.77. The molecule has 3 rings (SSSR count). The van der Waals surface area contributed by atoms with Crippen LogP contribution in [0.3, 0.4) is 0 Å². The van der Waals surface area contributed by atoms with Crippen molar-refractivity contribution < 1.29 is 19.5 Å². The lowest BCUT2D eigenvalue weighted by atomic mass is 10.2. The molecule has 1 amide bonds. The topological polar surface area (TPSA) is 173 Å². The van der Waals surface area contributed by atoms with Crippen LogP contribution in [0.1, 0.15) is 24.8 Å². The maximum Gasteiger partial charge on any atom is 0.328 e. The number of amides is 1. The van der Waals surface area contributed by atoms with Crippen molar-refractivity contribution in [3.8, 4) is 0 Å². The lowest BCUT2D eigenvalue weighted by molar-refractivity contribution is -0.138. The number of H-pyrrole nitrogens is 1. The molecule has 0 bridgehead atoms. The Morgan fingerprint density at radius 3 is 2.65 bits per heavy atom. The summed E-state index contributed by atoms with van der Waals surface area (Å²) in [5, 5.41) is 8.86. The third kappa shape index (κ3) is 5.48. The zero-order chi connectivity index (χ0) is 22.4. The van der Waals surface area contributed by atoms with E-state index in [1.54, 1.807) is 0 Å². The van der Waals surface area contributed by atoms with E-state index >= 15 is 0 Å². The van der Waals surface area contributed by atoms with Crippen LogP contribution in [0.25, 0.3) is 11.2 Å². The molecular formula is C19H20N6O5S. The minimum atomic E-state index is -1.22. The Hall–Kier alpha value is -3.67. The highest BCUT2D eigenvalue weighted by Crippen LogP contribution is 2.18. The zero-order valence-electron chi connectivity index (χ0n) is 16.4. The summed E-state index contributed by atoms with van der Waals surface area (Å²) >= 11 is 0. The normalized spacial score (nSPS) is 12.1. The van der Waals surface area contributed by atoms with E-state index in [9.17, 15) is 19.2 Å². The minimum absolute atomic E-state index is 0.0145. The standard InChI is InChI=1S/C19H20N6O5S/c20-16-15-17(25(19(30)21-15)11-12-5-2-1-3-6-12)23-18(22-16)31(10-4-9-26)24-13(27)7-8-14(28)29/h1-3,5-6,9H,4,7-8,10-11H2,(H,21,30)(H,28,29)(H2,20,22,23). The Bertz CT molecular complexity index is 1220. The van der Waals surface area contributed by atoms with Crippen molar-refractivity contribution in [3.05, 3.63) is 46.4 Å². The Balaban J connectivity index is 2.05. The van der Waals surface area contributed by atoms with E-state index in [0.717, 1.165) is 5.56 Å². The van der Waals surface area contributed by atoms with Gasteiger partial charge in [0.25, 0.3) is 5.91 Å². The molecule has 0 aliphatic heterocycles. The molecule has 2 aromatic heterocycles. The molecule has 12 heteroatoms. The van der Waals surface area contributed by atoms with E-state index in [2.05, 4.69) is 19.3 Å². The van der Waals surface area contributed by atoms with Crippen LogP contribution in [0.5, 0.6) is 0 Å². The minimum Gasteiger partial charge on any atom is -0.481 e. The molecule has 0 spiro atoms. The first-order valence-corrected chi connectivity index (χ1v) is 10.6. The molecule has 1 aromatic carbocycles. The Morgan fingerprint density at radius 1 is 1.23 bits per heavy atom. The number of carboxylic acids is 1. The molecule has 2 heterocycles. The highest BCUT2D eigenvalue weighted by Gasteiger charge is 2.17. The highest BCUT2D eigenvalue weighted by atomic mass is 32.2. The summed E-state index contributed by atoms with van der Waals surface area (Å²) in [5.74, 6) is -1.56. The van der Waals surface area contributed by atoms with E-state index in [-0.39, 0.29) is 53.7 Å². The van der Waals surface area contributed by atoms with Gasteiger partial charge in [-0.25, -0.2) is 14.8 Å². The van der Waals surface area contributed by atoms with Crippen LogP contribution in [0.2, 0.25) is 0 Å². The Kier molecular flexibility index (Phi) is 7.03. The number of hydrogen-bond donors (Lipinski definition) is 3. The van der Waals surface area contributed by atoms with Gasteiger partial charge in [0.1, 0.15) is 11.8 Å². The second-order valence-electron chi connectivity index (χ2n) is 6.49. The number of imidazole rings is 1. The summed E-state index contributed by atoms with van der Waals surface area (Å²) in [6, 6.07) is 9.29. The van der Waals surface area contributed by atoms with E-state index in [0.29, 0.717) is 6.29 Å². The molecule has 0 saturated carbocycles. The van der Waals surface area contributed by atoms with Gasteiger partial charge in [0.15, 0.2) is 11.5 Å². The van der Waals surface area contributed by atoms with Gasteiger partial charge in [0, 0.05) is 18.6 Å². The summed E-state index contributed by atoms with van der Waals surface area (Å²) in [7, 11) is -1.22. The Labute approximate surface area is 178 Å². The molecule has 4 N–H and O–H groups in total.